The largest absolute Gasteiger partial charge is 0.392 e. The number of nitrogens with one attached hydrogen (secondary N) is 1. The molecule has 2 heterocycles. The van der Waals surface area contributed by atoms with Gasteiger partial charge in [0, 0.05) is 37.9 Å². The summed E-state index contributed by atoms with van der Waals surface area (Å²) >= 11 is 0. The van der Waals surface area contributed by atoms with Crippen LogP contribution in [0.4, 0.5) is 0 Å². The SMILES string of the molecule is Cc1nn(C)cc1S(=O)(=O)N[C@@H]1C[C@@H](O)C12CCOCC2. The fourth-order valence-corrected chi connectivity index (χ4v) is 5.01. The second-order valence-electron chi connectivity index (χ2n) is 6.02. The zero-order valence-corrected chi connectivity index (χ0v) is 13.1. The van der Waals surface area contributed by atoms with Crippen LogP contribution < -0.4 is 4.72 Å². The van der Waals surface area contributed by atoms with E-state index in [2.05, 4.69) is 9.82 Å². The highest BCUT2D eigenvalue weighted by atomic mass is 32.2. The number of hydrogen-bond acceptors (Lipinski definition) is 5. The molecule has 0 unspecified atom stereocenters. The Morgan fingerprint density at radius 1 is 1.48 bits per heavy atom. The summed E-state index contributed by atoms with van der Waals surface area (Å²) in [6, 6.07) is -0.235. The average molecular weight is 315 g/mol. The molecule has 1 saturated heterocycles. The predicted octanol–water partition coefficient (Wildman–Crippen LogP) is -0.0632. The van der Waals surface area contributed by atoms with Gasteiger partial charge in [0.25, 0.3) is 0 Å². The molecule has 1 spiro atoms. The Morgan fingerprint density at radius 2 is 2.14 bits per heavy atom. The van der Waals surface area contributed by atoms with Gasteiger partial charge < -0.3 is 9.84 Å². The first-order valence-electron chi connectivity index (χ1n) is 7.13. The standard InChI is InChI=1S/C13H21N3O4S/c1-9-10(8-16(2)14-9)21(18,19)15-11-7-12(17)13(11)3-5-20-6-4-13/h8,11-12,15,17H,3-7H2,1-2H3/t11-,12-/m1/s1. The molecular formula is C13H21N3O4S. The van der Waals surface area contributed by atoms with Gasteiger partial charge in [0.1, 0.15) is 4.90 Å². The lowest BCUT2D eigenvalue weighted by Gasteiger charge is -2.55. The zero-order valence-electron chi connectivity index (χ0n) is 12.2. The normalized spacial score (nSPS) is 28.5. The Labute approximate surface area is 124 Å². The third-order valence-corrected chi connectivity index (χ3v) is 6.37. The van der Waals surface area contributed by atoms with Crippen molar-refractivity contribution >= 4 is 10.0 Å². The number of aryl methyl sites for hydroxylation is 2. The highest BCUT2D eigenvalue weighted by Crippen LogP contribution is 2.49. The second-order valence-corrected chi connectivity index (χ2v) is 7.71. The minimum Gasteiger partial charge on any atom is -0.392 e. The molecule has 118 valence electrons. The number of rotatable bonds is 3. The first kappa shape index (κ1) is 15.0. The molecule has 1 saturated carbocycles. The summed E-state index contributed by atoms with van der Waals surface area (Å²) in [5, 5.41) is 14.2. The van der Waals surface area contributed by atoms with E-state index in [4.69, 9.17) is 4.74 Å². The summed E-state index contributed by atoms with van der Waals surface area (Å²) in [6.07, 6.45) is 2.88. The third kappa shape index (κ3) is 2.40. The molecule has 1 aliphatic heterocycles. The van der Waals surface area contributed by atoms with Gasteiger partial charge in [-0.2, -0.15) is 5.10 Å². The minimum atomic E-state index is -3.61. The van der Waals surface area contributed by atoms with Gasteiger partial charge in [0.05, 0.1) is 11.8 Å². The van der Waals surface area contributed by atoms with Gasteiger partial charge in [-0.1, -0.05) is 0 Å². The summed E-state index contributed by atoms with van der Waals surface area (Å²) in [5.74, 6) is 0. The van der Waals surface area contributed by atoms with Crippen LogP contribution in [0.2, 0.25) is 0 Å². The van der Waals surface area contributed by atoms with Crippen molar-refractivity contribution in [1.29, 1.82) is 0 Å². The molecule has 2 N–H and O–H groups in total. The van der Waals surface area contributed by atoms with Crippen molar-refractivity contribution in [2.45, 2.75) is 43.2 Å². The van der Waals surface area contributed by atoms with Crippen molar-refractivity contribution < 1.29 is 18.3 Å². The van der Waals surface area contributed by atoms with E-state index in [-0.39, 0.29) is 16.4 Å². The predicted molar refractivity (Wildman–Crippen MR) is 75.2 cm³/mol. The summed E-state index contributed by atoms with van der Waals surface area (Å²) in [5.41, 5.74) is 0.104. The molecular weight excluding hydrogens is 294 g/mol. The number of nitrogens with zero attached hydrogens (tertiary/aromatic N) is 2. The van der Waals surface area contributed by atoms with E-state index in [0.717, 1.165) is 0 Å². The minimum absolute atomic E-state index is 0.202. The lowest BCUT2D eigenvalue weighted by Crippen LogP contribution is -2.65. The first-order valence-corrected chi connectivity index (χ1v) is 8.62. The number of ether oxygens (including phenoxy) is 1. The Kier molecular flexibility index (Phi) is 3.59. The molecule has 2 aliphatic rings. The molecule has 3 rings (SSSR count). The molecule has 1 aliphatic carbocycles. The number of aliphatic hydroxyl groups is 1. The zero-order chi connectivity index (χ0) is 15.3. The molecule has 0 bridgehead atoms. The van der Waals surface area contributed by atoms with E-state index >= 15 is 0 Å². The van der Waals surface area contributed by atoms with Crippen LogP contribution in [0.25, 0.3) is 0 Å². The van der Waals surface area contributed by atoms with Gasteiger partial charge in [-0.05, 0) is 26.2 Å². The van der Waals surface area contributed by atoms with Gasteiger partial charge >= 0.3 is 0 Å². The van der Waals surface area contributed by atoms with E-state index in [9.17, 15) is 13.5 Å². The van der Waals surface area contributed by atoms with Gasteiger partial charge in [-0.3, -0.25) is 4.68 Å². The third-order valence-electron chi connectivity index (χ3n) is 4.80. The summed E-state index contributed by atoms with van der Waals surface area (Å²) < 4.78 is 34.6. The van der Waals surface area contributed by atoms with Gasteiger partial charge in [0.2, 0.25) is 10.0 Å². The quantitative estimate of drug-likeness (QED) is 0.815. The maximum Gasteiger partial charge on any atom is 0.244 e. The van der Waals surface area contributed by atoms with Crippen molar-refractivity contribution in [3.05, 3.63) is 11.9 Å². The van der Waals surface area contributed by atoms with Crippen LogP contribution in [0.3, 0.4) is 0 Å². The first-order chi connectivity index (χ1) is 9.85. The van der Waals surface area contributed by atoms with Crippen molar-refractivity contribution in [3.63, 3.8) is 0 Å². The molecule has 2 atom stereocenters. The van der Waals surface area contributed by atoms with E-state index in [1.807, 2.05) is 0 Å². The van der Waals surface area contributed by atoms with Crippen LogP contribution in [0.15, 0.2) is 11.1 Å². The Bertz CT molecular complexity index is 634. The van der Waals surface area contributed by atoms with Crippen LogP contribution in [0.1, 0.15) is 25.0 Å². The van der Waals surface area contributed by atoms with E-state index < -0.39 is 16.1 Å². The molecule has 0 amide bonds. The maximum atomic E-state index is 12.5. The van der Waals surface area contributed by atoms with Crippen molar-refractivity contribution in [3.8, 4) is 0 Å². The van der Waals surface area contributed by atoms with Gasteiger partial charge in [0.15, 0.2) is 0 Å². The molecule has 2 fully saturated rings. The molecule has 0 aromatic carbocycles. The van der Waals surface area contributed by atoms with Crippen molar-refractivity contribution in [2.75, 3.05) is 13.2 Å². The van der Waals surface area contributed by atoms with Crippen molar-refractivity contribution in [1.82, 2.24) is 14.5 Å². The summed E-state index contributed by atoms with van der Waals surface area (Å²) in [4.78, 5) is 0.202. The van der Waals surface area contributed by atoms with E-state index in [1.54, 1.807) is 14.0 Å². The highest BCUT2D eigenvalue weighted by Gasteiger charge is 2.56. The number of aromatic nitrogens is 2. The van der Waals surface area contributed by atoms with Crippen LogP contribution >= 0.6 is 0 Å². The van der Waals surface area contributed by atoms with E-state index in [0.29, 0.717) is 38.2 Å². The smallest absolute Gasteiger partial charge is 0.244 e. The summed E-state index contributed by atoms with van der Waals surface area (Å²) in [6.45, 7) is 2.82. The van der Waals surface area contributed by atoms with E-state index in [1.165, 1.54) is 10.9 Å². The Hall–Kier alpha value is -0.960. The molecule has 7 nitrogen and oxygen atoms in total. The average Bonchev–Trinajstić information content (AvgIpc) is 2.79. The molecule has 1 aromatic rings. The Balaban J connectivity index is 1.81. The van der Waals surface area contributed by atoms with Crippen LogP contribution in [0, 0.1) is 12.3 Å². The topological polar surface area (TPSA) is 93.5 Å². The molecule has 1 aromatic heterocycles. The highest BCUT2D eigenvalue weighted by molar-refractivity contribution is 7.89. The van der Waals surface area contributed by atoms with Gasteiger partial charge in [-0.15, -0.1) is 0 Å². The lowest BCUT2D eigenvalue weighted by molar-refractivity contribution is -0.143. The number of aliphatic hydroxyl groups excluding tert-OH is 1. The lowest BCUT2D eigenvalue weighted by atomic mass is 9.58. The van der Waals surface area contributed by atoms with Crippen LogP contribution in [-0.4, -0.2) is 48.7 Å². The molecule has 8 heteroatoms. The van der Waals surface area contributed by atoms with Gasteiger partial charge in [-0.25, -0.2) is 13.1 Å². The molecule has 21 heavy (non-hydrogen) atoms. The second kappa shape index (κ2) is 5.05. The van der Waals surface area contributed by atoms with Crippen molar-refractivity contribution in [2.24, 2.45) is 12.5 Å². The van der Waals surface area contributed by atoms with Crippen LogP contribution in [0.5, 0.6) is 0 Å². The fraction of sp³-hybridized carbons (Fsp3) is 0.769. The Morgan fingerprint density at radius 3 is 2.67 bits per heavy atom. The summed E-state index contributed by atoms with van der Waals surface area (Å²) in [7, 11) is -1.92. The number of sulfonamides is 1. The maximum absolute atomic E-state index is 12.5. The van der Waals surface area contributed by atoms with Crippen LogP contribution in [-0.2, 0) is 21.8 Å². The number of hydrogen-bond donors (Lipinski definition) is 2. The fourth-order valence-electron chi connectivity index (χ4n) is 3.46. The molecule has 0 radical (unpaired) electrons. The monoisotopic (exact) mass is 315 g/mol.